The van der Waals surface area contributed by atoms with Gasteiger partial charge in [-0.1, -0.05) is 68.8 Å². The number of nitrogens with zero attached hydrogens (tertiary/aromatic N) is 5. The molecule has 3 atom stereocenters. The number of benzene rings is 2. The molecule has 1 aliphatic heterocycles. The summed E-state index contributed by atoms with van der Waals surface area (Å²) in [5.74, 6) is -1.52. The van der Waals surface area contributed by atoms with Crippen molar-refractivity contribution >= 4 is 17.6 Å². The van der Waals surface area contributed by atoms with E-state index in [9.17, 15) is 14.7 Å². The summed E-state index contributed by atoms with van der Waals surface area (Å²) < 4.78 is 0. The summed E-state index contributed by atoms with van der Waals surface area (Å²) >= 11 is 0. The Kier molecular flexibility index (Phi) is 7.87. The SMILES string of the molecule is CCCCC1N=C(C)C(CC(C)C(=O)O)C(=O)N1Cc1ccc(-c2ccccc2-c2nn[nH]n2)cc1. The van der Waals surface area contributed by atoms with E-state index in [0.29, 0.717) is 12.4 Å². The zero-order valence-corrected chi connectivity index (χ0v) is 20.9. The molecule has 1 amide bonds. The molecule has 3 unspecified atom stereocenters. The van der Waals surface area contributed by atoms with Gasteiger partial charge in [-0.15, -0.1) is 10.2 Å². The Morgan fingerprint density at radius 3 is 2.50 bits per heavy atom. The van der Waals surface area contributed by atoms with Crippen molar-refractivity contribution in [3.05, 3.63) is 54.1 Å². The molecular formula is C27H32N6O3. The van der Waals surface area contributed by atoms with Gasteiger partial charge in [-0.05, 0) is 48.1 Å². The second-order valence-electron chi connectivity index (χ2n) is 9.36. The molecule has 2 N–H and O–H groups in total. The summed E-state index contributed by atoms with van der Waals surface area (Å²) in [6.45, 7) is 6.04. The maximum absolute atomic E-state index is 13.6. The fourth-order valence-corrected chi connectivity index (χ4v) is 4.63. The lowest BCUT2D eigenvalue weighted by atomic mass is 9.89. The number of hydrogen-bond donors (Lipinski definition) is 2. The Morgan fingerprint density at radius 2 is 1.86 bits per heavy atom. The van der Waals surface area contributed by atoms with Crippen molar-refractivity contribution in [2.24, 2.45) is 16.8 Å². The lowest BCUT2D eigenvalue weighted by Crippen LogP contribution is -2.49. The van der Waals surface area contributed by atoms with Gasteiger partial charge in [-0.3, -0.25) is 14.6 Å². The molecule has 0 bridgehead atoms. The fourth-order valence-electron chi connectivity index (χ4n) is 4.63. The number of rotatable bonds is 10. The number of carbonyl (C=O) groups is 2. The first-order valence-corrected chi connectivity index (χ1v) is 12.4. The number of tetrazole rings is 1. The quantitative estimate of drug-likeness (QED) is 0.430. The smallest absolute Gasteiger partial charge is 0.306 e. The second-order valence-corrected chi connectivity index (χ2v) is 9.36. The molecule has 0 saturated carbocycles. The van der Waals surface area contributed by atoms with Gasteiger partial charge in [0.1, 0.15) is 6.17 Å². The van der Waals surface area contributed by atoms with Crippen molar-refractivity contribution in [3.63, 3.8) is 0 Å². The Labute approximate surface area is 210 Å². The molecule has 2 aromatic carbocycles. The maximum atomic E-state index is 13.6. The number of aliphatic carboxylic acids is 1. The molecule has 9 nitrogen and oxygen atoms in total. The number of nitrogens with one attached hydrogen (secondary N) is 1. The number of aliphatic imine (C=N–C) groups is 1. The molecule has 0 radical (unpaired) electrons. The van der Waals surface area contributed by atoms with Gasteiger partial charge in [0.05, 0.1) is 11.8 Å². The van der Waals surface area contributed by atoms with Gasteiger partial charge in [0.2, 0.25) is 11.7 Å². The molecule has 9 heteroatoms. The van der Waals surface area contributed by atoms with Crippen molar-refractivity contribution in [2.45, 2.75) is 59.2 Å². The molecule has 2 heterocycles. The molecular weight excluding hydrogens is 456 g/mol. The molecule has 0 fully saturated rings. The van der Waals surface area contributed by atoms with Gasteiger partial charge in [-0.25, -0.2) is 0 Å². The van der Waals surface area contributed by atoms with E-state index in [1.54, 1.807) is 6.92 Å². The standard InChI is InChI=1S/C27H32N6O3/c1-4-5-10-24-28-18(3)23(15-17(2)27(35)36)26(34)33(24)16-19-11-13-20(14-12-19)21-8-6-7-9-22(21)25-29-31-32-30-25/h6-9,11-14,17,23-24H,4-5,10,15-16H2,1-3H3,(H,35,36)(H,29,30,31,32). The summed E-state index contributed by atoms with van der Waals surface area (Å²) in [4.78, 5) is 31.7. The van der Waals surface area contributed by atoms with Crippen LogP contribution in [0.25, 0.3) is 22.5 Å². The van der Waals surface area contributed by atoms with Crippen LogP contribution >= 0.6 is 0 Å². The van der Waals surface area contributed by atoms with E-state index in [4.69, 9.17) is 4.99 Å². The highest BCUT2D eigenvalue weighted by molar-refractivity contribution is 6.05. The molecule has 4 rings (SSSR count). The maximum Gasteiger partial charge on any atom is 0.306 e. The van der Waals surface area contributed by atoms with Crippen LogP contribution in [0, 0.1) is 11.8 Å². The van der Waals surface area contributed by atoms with Crippen LogP contribution in [-0.2, 0) is 16.1 Å². The molecule has 1 aromatic heterocycles. The zero-order valence-electron chi connectivity index (χ0n) is 20.9. The van der Waals surface area contributed by atoms with Gasteiger partial charge in [0.25, 0.3) is 0 Å². The molecule has 188 valence electrons. The van der Waals surface area contributed by atoms with Gasteiger partial charge in [0, 0.05) is 17.8 Å². The van der Waals surface area contributed by atoms with Gasteiger partial charge >= 0.3 is 5.97 Å². The third-order valence-corrected chi connectivity index (χ3v) is 6.76. The van der Waals surface area contributed by atoms with Crippen molar-refractivity contribution in [3.8, 4) is 22.5 Å². The summed E-state index contributed by atoms with van der Waals surface area (Å²) in [7, 11) is 0. The second kappa shape index (κ2) is 11.2. The molecule has 0 aliphatic carbocycles. The third kappa shape index (κ3) is 5.50. The summed E-state index contributed by atoms with van der Waals surface area (Å²) in [6.07, 6.45) is 2.80. The van der Waals surface area contributed by atoms with Crippen molar-refractivity contribution in [1.29, 1.82) is 0 Å². The number of unbranched alkanes of at least 4 members (excludes halogenated alkanes) is 1. The van der Waals surface area contributed by atoms with E-state index in [2.05, 4.69) is 27.5 Å². The zero-order chi connectivity index (χ0) is 25.7. The molecule has 0 saturated heterocycles. The predicted octanol–water partition coefficient (Wildman–Crippen LogP) is 4.58. The highest BCUT2D eigenvalue weighted by atomic mass is 16.4. The van der Waals surface area contributed by atoms with Gasteiger partial charge < -0.3 is 10.0 Å². The summed E-state index contributed by atoms with van der Waals surface area (Å²) in [5, 5.41) is 23.8. The van der Waals surface area contributed by atoms with E-state index < -0.39 is 17.8 Å². The molecule has 3 aromatic rings. The number of hydrogen-bond acceptors (Lipinski definition) is 6. The number of carboxylic acids is 1. The Bertz CT molecular complexity index is 1220. The first-order chi connectivity index (χ1) is 17.4. The van der Waals surface area contributed by atoms with Crippen molar-refractivity contribution in [2.75, 3.05) is 0 Å². The van der Waals surface area contributed by atoms with E-state index in [0.717, 1.165) is 47.2 Å². The van der Waals surface area contributed by atoms with Crippen LogP contribution in [0.5, 0.6) is 0 Å². The number of aromatic amines is 1. The minimum Gasteiger partial charge on any atom is -0.481 e. The highest BCUT2D eigenvalue weighted by Crippen LogP contribution is 2.31. The molecule has 1 aliphatic rings. The first-order valence-electron chi connectivity index (χ1n) is 12.4. The van der Waals surface area contributed by atoms with E-state index in [1.165, 1.54) is 0 Å². The van der Waals surface area contributed by atoms with Crippen LogP contribution in [0.15, 0.2) is 53.5 Å². The van der Waals surface area contributed by atoms with Crippen LogP contribution in [0.4, 0.5) is 0 Å². The third-order valence-electron chi connectivity index (χ3n) is 6.76. The van der Waals surface area contributed by atoms with Crippen molar-refractivity contribution in [1.82, 2.24) is 25.5 Å². The lowest BCUT2D eigenvalue weighted by Gasteiger charge is -2.37. The molecule has 36 heavy (non-hydrogen) atoms. The number of aromatic nitrogens is 4. The Morgan fingerprint density at radius 1 is 1.14 bits per heavy atom. The predicted molar refractivity (Wildman–Crippen MR) is 137 cm³/mol. The fraction of sp³-hybridized carbons (Fsp3) is 0.407. The summed E-state index contributed by atoms with van der Waals surface area (Å²) in [6, 6.07) is 16.0. The number of amides is 1. The first kappa shape index (κ1) is 25.2. The summed E-state index contributed by atoms with van der Waals surface area (Å²) in [5.41, 5.74) is 4.60. The van der Waals surface area contributed by atoms with E-state index >= 15 is 0 Å². The van der Waals surface area contributed by atoms with Crippen LogP contribution in [-0.4, -0.2) is 54.4 Å². The lowest BCUT2D eigenvalue weighted by molar-refractivity contribution is -0.143. The molecule has 0 spiro atoms. The van der Waals surface area contributed by atoms with Crippen LogP contribution in [0.2, 0.25) is 0 Å². The number of carboxylic acid groups (broad SMARTS) is 1. The number of carbonyl (C=O) groups excluding carboxylic acids is 1. The minimum atomic E-state index is -0.896. The van der Waals surface area contributed by atoms with Crippen LogP contribution in [0.3, 0.4) is 0 Å². The average Bonchev–Trinajstić information content (AvgIpc) is 3.42. The van der Waals surface area contributed by atoms with Crippen molar-refractivity contribution < 1.29 is 14.7 Å². The normalized spacial score (nSPS) is 18.7. The topological polar surface area (TPSA) is 124 Å². The van der Waals surface area contributed by atoms with Gasteiger partial charge in [-0.2, -0.15) is 5.21 Å². The van der Waals surface area contributed by atoms with E-state index in [-0.39, 0.29) is 18.5 Å². The van der Waals surface area contributed by atoms with E-state index in [1.807, 2.05) is 60.4 Å². The largest absolute Gasteiger partial charge is 0.481 e. The Hall–Kier alpha value is -3.88. The van der Waals surface area contributed by atoms with Gasteiger partial charge in [0.15, 0.2) is 0 Å². The van der Waals surface area contributed by atoms with Crippen LogP contribution in [0.1, 0.15) is 52.0 Å². The monoisotopic (exact) mass is 488 g/mol. The van der Waals surface area contributed by atoms with Crippen LogP contribution < -0.4 is 0 Å². The average molecular weight is 489 g/mol. The highest BCUT2D eigenvalue weighted by Gasteiger charge is 2.37. The Balaban J connectivity index is 1.58. The number of H-pyrrole nitrogens is 1. The minimum absolute atomic E-state index is 0.0387.